The molecule has 0 bridgehead atoms. The van der Waals surface area contributed by atoms with Crippen LogP contribution in [0, 0.1) is 11.8 Å². The fraction of sp³-hybridized carbons (Fsp3) is 0.632. The summed E-state index contributed by atoms with van der Waals surface area (Å²) in [5.74, 6) is -0.253. The van der Waals surface area contributed by atoms with E-state index in [0.717, 1.165) is 11.8 Å². The molecule has 0 fully saturated rings. The van der Waals surface area contributed by atoms with Gasteiger partial charge in [-0.1, -0.05) is 58.0 Å². The van der Waals surface area contributed by atoms with E-state index in [-0.39, 0.29) is 24.3 Å². The number of rotatable bonds is 10. The predicted octanol–water partition coefficient (Wildman–Crippen LogP) is 1.65. The summed E-state index contributed by atoms with van der Waals surface area (Å²) in [5.41, 5.74) is 0.968. The summed E-state index contributed by atoms with van der Waals surface area (Å²) < 4.78 is 25.4. The number of nitrogens with one attached hydrogen (secondary N) is 1. The lowest BCUT2D eigenvalue weighted by atomic mass is 10.00. The summed E-state index contributed by atoms with van der Waals surface area (Å²) in [4.78, 5) is 12.2. The van der Waals surface area contributed by atoms with Gasteiger partial charge in [-0.3, -0.25) is 4.79 Å². The molecule has 148 valence electrons. The zero-order chi connectivity index (χ0) is 19.9. The van der Waals surface area contributed by atoms with Crippen LogP contribution in [0.15, 0.2) is 30.3 Å². The van der Waals surface area contributed by atoms with Crippen LogP contribution < -0.4 is 5.32 Å². The Morgan fingerprint density at radius 3 is 2.15 bits per heavy atom. The summed E-state index contributed by atoms with van der Waals surface area (Å²) in [7, 11) is -3.45. The van der Waals surface area contributed by atoms with Crippen molar-refractivity contribution in [3.63, 3.8) is 0 Å². The SMILES string of the molecule is CC(C)CN(CC(O)C(Cc1ccccc1)NC(=O)C(C)C)S(C)(=O)=O. The number of hydrogen-bond donors (Lipinski definition) is 2. The molecule has 2 N–H and O–H groups in total. The minimum Gasteiger partial charge on any atom is -0.390 e. The van der Waals surface area contributed by atoms with Gasteiger partial charge in [0, 0.05) is 19.0 Å². The molecule has 1 aromatic carbocycles. The van der Waals surface area contributed by atoms with Crippen molar-refractivity contribution in [3.05, 3.63) is 35.9 Å². The molecule has 1 amide bonds. The van der Waals surface area contributed by atoms with E-state index < -0.39 is 22.2 Å². The minimum absolute atomic E-state index is 0.0487. The Bertz CT molecular complexity index is 659. The smallest absolute Gasteiger partial charge is 0.222 e. The van der Waals surface area contributed by atoms with E-state index in [1.54, 1.807) is 13.8 Å². The third-order valence-electron chi connectivity index (χ3n) is 4.04. The summed E-state index contributed by atoms with van der Waals surface area (Å²) in [6.07, 6.45) is 0.562. The molecule has 6 nitrogen and oxygen atoms in total. The van der Waals surface area contributed by atoms with Crippen molar-refractivity contribution < 1.29 is 18.3 Å². The fourth-order valence-corrected chi connectivity index (χ4v) is 3.58. The van der Waals surface area contributed by atoms with Crippen molar-refractivity contribution in [2.24, 2.45) is 11.8 Å². The van der Waals surface area contributed by atoms with Crippen LogP contribution in [-0.2, 0) is 21.2 Å². The summed E-state index contributed by atoms with van der Waals surface area (Å²) in [6.45, 7) is 7.68. The number of sulfonamides is 1. The standard InChI is InChI=1S/C19H32N2O4S/c1-14(2)12-21(26(5,24)25)13-18(22)17(20-19(23)15(3)4)11-16-9-7-6-8-10-16/h6-10,14-15,17-18,22H,11-13H2,1-5H3,(H,20,23). The predicted molar refractivity (Wildman–Crippen MR) is 104 cm³/mol. The number of benzene rings is 1. The first kappa shape index (κ1) is 22.6. The highest BCUT2D eigenvalue weighted by molar-refractivity contribution is 7.88. The molecule has 0 aromatic heterocycles. The fourth-order valence-electron chi connectivity index (χ4n) is 2.59. The highest BCUT2D eigenvalue weighted by atomic mass is 32.2. The number of carbonyl (C=O) groups is 1. The Morgan fingerprint density at radius 2 is 1.69 bits per heavy atom. The lowest BCUT2D eigenvalue weighted by Crippen LogP contribution is -2.51. The van der Waals surface area contributed by atoms with Gasteiger partial charge in [0.15, 0.2) is 0 Å². The van der Waals surface area contributed by atoms with E-state index in [4.69, 9.17) is 0 Å². The second-order valence-electron chi connectivity index (χ2n) is 7.50. The normalized spacial score (nSPS) is 14.7. The molecule has 0 saturated carbocycles. The highest BCUT2D eigenvalue weighted by Crippen LogP contribution is 2.12. The molecule has 7 heteroatoms. The van der Waals surface area contributed by atoms with Gasteiger partial charge in [-0.05, 0) is 17.9 Å². The molecule has 0 heterocycles. The lowest BCUT2D eigenvalue weighted by Gasteiger charge is -2.30. The Labute approximate surface area is 157 Å². The summed E-state index contributed by atoms with van der Waals surface area (Å²) in [6, 6.07) is 8.96. The molecule has 0 aliphatic heterocycles. The lowest BCUT2D eigenvalue weighted by molar-refractivity contribution is -0.125. The van der Waals surface area contributed by atoms with Gasteiger partial charge >= 0.3 is 0 Å². The molecule has 0 radical (unpaired) electrons. The van der Waals surface area contributed by atoms with Crippen LogP contribution in [0.4, 0.5) is 0 Å². The average molecular weight is 385 g/mol. The molecule has 1 rings (SSSR count). The van der Waals surface area contributed by atoms with Crippen LogP contribution in [0.25, 0.3) is 0 Å². The van der Waals surface area contributed by atoms with E-state index in [2.05, 4.69) is 5.32 Å². The highest BCUT2D eigenvalue weighted by Gasteiger charge is 2.28. The van der Waals surface area contributed by atoms with Crippen LogP contribution in [0.3, 0.4) is 0 Å². The van der Waals surface area contributed by atoms with E-state index in [9.17, 15) is 18.3 Å². The maximum atomic E-state index is 12.2. The molecule has 0 spiro atoms. The minimum atomic E-state index is -3.45. The maximum absolute atomic E-state index is 12.2. The molecule has 26 heavy (non-hydrogen) atoms. The number of hydrogen-bond acceptors (Lipinski definition) is 4. The molecule has 0 aliphatic carbocycles. The number of carbonyl (C=O) groups excluding carboxylic acids is 1. The van der Waals surface area contributed by atoms with Crippen LogP contribution >= 0.6 is 0 Å². The van der Waals surface area contributed by atoms with E-state index in [1.807, 2.05) is 44.2 Å². The van der Waals surface area contributed by atoms with Crippen molar-refractivity contribution in [1.82, 2.24) is 9.62 Å². The summed E-state index contributed by atoms with van der Waals surface area (Å²) in [5, 5.41) is 13.6. The van der Waals surface area contributed by atoms with Crippen LogP contribution in [0.5, 0.6) is 0 Å². The Morgan fingerprint density at radius 1 is 1.12 bits per heavy atom. The molecule has 2 unspecified atom stereocenters. The average Bonchev–Trinajstić information content (AvgIpc) is 2.53. The molecule has 2 atom stereocenters. The van der Waals surface area contributed by atoms with Crippen molar-refractivity contribution in [2.75, 3.05) is 19.3 Å². The van der Waals surface area contributed by atoms with Crippen LogP contribution in [0.2, 0.25) is 0 Å². The first-order chi connectivity index (χ1) is 12.0. The topological polar surface area (TPSA) is 86.7 Å². The third-order valence-corrected chi connectivity index (χ3v) is 5.28. The summed E-state index contributed by atoms with van der Waals surface area (Å²) >= 11 is 0. The first-order valence-corrected chi connectivity index (χ1v) is 10.8. The van der Waals surface area contributed by atoms with Gasteiger partial charge in [0.05, 0.1) is 18.4 Å². The molecular formula is C19H32N2O4S. The zero-order valence-electron chi connectivity index (χ0n) is 16.3. The third kappa shape index (κ3) is 7.85. The molecule has 0 saturated heterocycles. The van der Waals surface area contributed by atoms with Crippen LogP contribution in [-0.4, -0.2) is 55.2 Å². The van der Waals surface area contributed by atoms with Crippen molar-refractivity contribution in [2.45, 2.75) is 46.3 Å². The first-order valence-electron chi connectivity index (χ1n) is 8.98. The second-order valence-corrected chi connectivity index (χ2v) is 9.48. The van der Waals surface area contributed by atoms with Crippen molar-refractivity contribution in [1.29, 1.82) is 0 Å². The molecular weight excluding hydrogens is 352 g/mol. The van der Waals surface area contributed by atoms with Gasteiger partial charge in [-0.25, -0.2) is 8.42 Å². The zero-order valence-corrected chi connectivity index (χ0v) is 17.2. The Hall–Kier alpha value is -1.44. The largest absolute Gasteiger partial charge is 0.390 e. The van der Waals surface area contributed by atoms with E-state index in [0.29, 0.717) is 13.0 Å². The van der Waals surface area contributed by atoms with Gasteiger partial charge in [0.25, 0.3) is 0 Å². The van der Waals surface area contributed by atoms with Gasteiger partial charge in [0.1, 0.15) is 0 Å². The van der Waals surface area contributed by atoms with E-state index in [1.165, 1.54) is 4.31 Å². The van der Waals surface area contributed by atoms with Crippen LogP contribution in [0.1, 0.15) is 33.3 Å². The maximum Gasteiger partial charge on any atom is 0.222 e. The van der Waals surface area contributed by atoms with Gasteiger partial charge in [0.2, 0.25) is 15.9 Å². The Kier molecular flexibility index (Phi) is 8.73. The van der Waals surface area contributed by atoms with E-state index >= 15 is 0 Å². The Balaban J connectivity index is 2.97. The number of aliphatic hydroxyl groups is 1. The monoisotopic (exact) mass is 384 g/mol. The van der Waals surface area contributed by atoms with Gasteiger partial charge < -0.3 is 10.4 Å². The molecule has 0 aliphatic rings. The second kappa shape index (κ2) is 10.0. The van der Waals surface area contributed by atoms with Crippen molar-refractivity contribution >= 4 is 15.9 Å². The quantitative estimate of drug-likeness (QED) is 0.642. The number of aliphatic hydroxyl groups excluding tert-OH is 1. The van der Waals surface area contributed by atoms with Gasteiger partial charge in [-0.15, -0.1) is 0 Å². The number of amides is 1. The van der Waals surface area contributed by atoms with Crippen molar-refractivity contribution in [3.8, 4) is 0 Å². The number of nitrogens with zero attached hydrogens (tertiary/aromatic N) is 1. The molecule has 1 aromatic rings. The van der Waals surface area contributed by atoms with Gasteiger partial charge in [-0.2, -0.15) is 4.31 Å².